The summed E-state index contributed by atoms with van der Waals surface area (Å²) in [6, 6.07) is 1.36. The molecule has 3 rings (SSSR count). The highest BCUT2D eigenvalue weighted by Crippen LogP contribution is 2.38. The van der Waals surface area contributed by atoms with Gasteiger partial charge >= 0.3 is 5.97 Å². The molecule has 0 bridgehead atoms. The molecule has 0 radical (unpaired) electrons. The van der Waals surface area contributed by atoms with Crippen molar-refractivity contribution in [3.05, 3.63) is 35.4 Å². The molecule has 6 nitrogen and oxygen atoms in total. The molecular weight excluding hydrogens is 346 g/mol. The van der Waals surface area contributed by atoms with Gasteiger partial charge in [-0.05, 0) is 31.2 Å². The van der Waals surface area contributed by atoms with E-state index in [1.807, 2.05) is 0 Å². The Kier molecular flexibility index (Phi) is 5.24. The first-order valence-corrected chi connectivity index (χ1v) is 8.76. The van der Waals surface area contributed by atoms with Gasteiger partial charge in [-0.25, -0.2) is 13.6 Å². The Morgan fingerprint density at radius 2 is 2.00 bits per heavy atom. The van der Waals surface area contributed by atoms with Gasteiger partial charge in [-0.15, -0.1) is 0 Å². The number of hydrogen-bond acceptors (Lipinski definition) is 4. The summed E-state index contributed by atoms with van der Waals surface area (Å²) >= 11 is 0. The largest absolute Gasteiger partial charge is 0.480 e. The maximum Gasteiger partial charge on any atom is 0.328 e. The average Bonchev–Trinajstić information content (AvgIpc) is 2.98. The van der Waals surface area contributed by atoms with Gasteiger partial charge in [0.1, 0.15) is 17.4 Å². The highest BCUT2D eigenvalue weighted by Gasteiger charge is 2.54. The van der Waals surface area contributed by atoms with Crippen molar-refractivity contribution in [1.82, 2.24) is 9.80 Å². The van der Waals surface area contributed by atoms with Crippen molar-refractivity contribution in [2.24, 2.45) is 0 Å². The number of carboxylic acid groups (broad SMARTS) is 1. The maximum absolute atomic E-state index is 14.1. The number of ether oxygens (including phenoxy) is 1. The molecule has 2 aliphatic heterocycles. The predicted molar refractivity (Wildman–Crippen MR) is 88.6 cm³/mol. The van der Waals surface area contributed by atoms with Gasteiger partial charge < -0.3 is 14.7 Å². The minimum Gasteiger partial charge on any atom is -0.480 e. The van der Waals surface area contributed by atoms with Crippen LogP contribution >= 0.6 is 0 Å². The Morgan fingerprint density at radius 1 is 1.31 bits per heavy atom. The number of aliphatic carboxylic acids is 1. The van der Waals surface area contributed by atoms with E-state index in [1.54, 1.807) is 0 Å². The first kappa shape index (κ1) is 18.7. The Labute approximate surface area is 150 Å². The van der Waals surface area contributed by atoms with Crippen LogP contribution in [-0.4, -0.2) is 64.8 Å². The van der Waals surface area contributed by atoms with E-state index in [-0.39, 0.29) is 6.61 Å². The van der Waals surface area contributed by atoms with Crippen LogP contribution in [0.2, 0.25) is 0 Å². The fraction of sp³-hybridized carbons (Fsp3) is 0.556. The molecule has 0 aliphatic carbocycles. The third-order valence-corrected chi connectivity index (χ3v) is 5.10. The Hall–Kier alpha value is -2.06. The van der Waals surface area contributed by atoms with Gasteiger partial charge in [0.05, 0.1) is 12.2 Å². The van der Waals surface area contributed by atoms with Gasteiger partial charge in [-0.2, -0.15) is 0 Å². The molecule has 2 fully saturated rings. The summed E-state index contributed by atoms with van der Waals surface area (Å²) in [5, 5.41) is 9.50. The normalized spacial score (nSPS) is 22.7. The topological polar surface area (TPSA) is 70.1 Å². The van der Waals surface area contributed by atoms with Crippen molar-refractivity contribution >= 4 is 11.9 Å². The number of likely N-dealkylation sites (tertiary alicyclic amines) is 1. The summed E-state index contributed by atoms with van der Waals surface area (Å²) in [7, 11) is 0. The lowest BCUT2D eigenvalue weighted by atomic mass is 9.96. The predicted octanol–water partition coefficient (Wildman–Crippen LogP) is 2.09. The second-order valence-corrected chi connectivity index (χ2v) is 6.75. The summed E-state index contributed by atoms with van der Waals surface area (Å²) in [4.78, 5) is 27.9. The summed E-state index contributed by atoms with van der Waals surface area (Å²) in [5.41, 5.74) is -1.57. The highest BCUT2D eigenvalue weighted by atomic mass is 19.1. The minimum absolute atomic E-state index is 0.161. The van der Waals surface area contributed by atoms with Crippen LogP contribution in [0.3, 0.4) is 0 Å². The lowest BCUT2D eigenvalue weighted by Gasteiger charge is -2.44. The molecule has 2 heterocycles. The number of piperidine rings is 1. The summed E-state index contributed by atoms with van der Waals surface area (Å²) in [6.07, 6.45) is 1.85. The Bertz CT molecular complexity index is 704. The van der Waals surface area contributed by atoms with Gasteiger partial charge in [0.2, 0.25) is 0 Å². The standard InChI is InChI=1S/C18H22F2N2O4/c1-2-7-21-8-5-18(6-9-21)22(15(11-26-18)17(24)25)16(23)13-10-12(19)3-4-14(13)20/h3-4,10,15H,2,5-9,11H2,1H3,(H,24,25). The molecule has 0 aromatic heterocycles. The van der Waals surface area contributed by atoms with E-state index in [4.69, 9.17) is 4.74 Å². The van der Waals surface area contributed by atoms with Crippen molar-refractivity contribution < 1.29 is 28.2 Å². The zero-order chi connectivity index (χ0) is 18.9. The number of amides is 1. The van der Waals surface area contributed by atoms with E-state index in [9.17, 15) is 23.5 Å². The fourth-order valence-corrected chi connectivity index (χ4v) is 3.79. The van der Waals surface area contributed by atoms with Crippen LogP contribution in [0, 0.1) is 11.6 Å². The van der Waals surface area contributed by atoms with Crippen LogP contribution in [0.15, 0.2) is 18.2 Å². The first-order valence-electron chi connectivity index (χ1n) is 8.76. The third-order valence-electron chi connectivity index (χ3n) is 5.10. The third kappa shape index (κ3) is 3.31. The van der Waals surface area contributed by atoms with Crippen LogP contribution in [0.1, 0.15) is 36.5 Å². The Morgan fingerprint density at radius 3 is 2.62 bits per heavy atom. The van der Waals surface area contributed by atoms with E-state index in [1.165, 1.54) is 0 Å². The average molecular weight is 368 g/mol. The van der Waals surface area contributed by atoms with Gasteiger partial charge in [-0.3, -0.25) is 9.69 Å². The van der Waals surface area contributed by atoms with Crippen LogP contribution in [0.25, 0.3) is 0 Å². The maximum atomic E-state index is 14.1. The van der Waals surface area contributed by atoms with Gasteiger partial charge in [-0.1, -0.05) is 6.92 Å². The molecule has 1 aromatic rings. The van der Waals surface area contributed by atoms with Crippen LogP contribution in [0.5, 0.6) is 0 Å². The molecule has 8 heteroatoms. The van der Waals surface area contributed by atoms with Crippen LogP contribution in [-0.2, 0) is 9.53 Å². The number of nitrogens with zero attached hydrogens (tertiary/aromatic N) is 2. The van der Waals surface area contributed by atoms with E-state index < -0.39 is 40.8 Å². The number of carboxylic acids is 1. The molecule has 1 aromatic carbocycles. The van der Waals surface area contributed by atoms with E-state index >= 15 is 0 Å². The second-order valence-electron chi connectivity index (χ2n) is 6.75. The molecule has 2 aliphatic rings. The number of benzene rings is 1. The molecule has 1 N–H and O–H groups in total. The van der Waals surface area contributed by atoms with Crippen molar-refractivity contribution in [3.8, 4) is 0 Å². The summed E-state index contributed by atoms with van der Waals surface area (Å²) in [5.74, 6) is -3.71. The molecule has 0 saturated carbocycles. The Balaban J connectivity index is 1.92. The SMILES string of the molecule is CCCN1CCC2(CC1)OCC(C(=O)O)N2C(=O)c1cc(F)ccc1F. The number of rotatable bonds is 4. The molecule has 2 saturated heterocycles. The van der Waals surface area contributed by atoms with Gasteiger partial charge in [0, 0.05) is 25.9 Å². The number of carbonyl (C=O) groups is 2. The highest BCUT2D eigenvalue weighted by molar-refractivity contribution is 5.97. The number of hydrogen-bond donors (Lipinski definition) is 1. The summed E-state index contributed by atoms with van der Waals surface area (Å²) in [6.45, 7) is 4.11. The van der Waals surface area contributed by atoms with Crippen molar-refractivity contribution in [2.45, 2.75) is 38.0 Å². The zero-order valence-electron chi connectivity index (χ0n) is 14.6. The fourth-order valence-electron chi connectivity index (χ4n) is 3.79. The second kappa shape index (κ2) is 7.28. The molecule has 142 valence electrons. The van der Waals surface area contributed by atoms with Crippen molar-refractivity contribution in [3.63, 3.8) is 0 Å². The number of carbonyl (C=O) groups excluding carboxylic acids is 1. The van der Waals surface area contributed by atoms with Crippen LogP contribution in [0.4, 0.5) is 8.78 Å². The molecular formula is C18H22F2N2O4. The van der Waals surface area contributed by atoms with Crippen LogP contribution < -0.4 is 0 Å². The monoisotopic (exact) mass is 368 g/mol. The molecule has 1 unspecified atom stereocenters. The quantitative estimate of drug-likeness (QED) is 0.881. The molecule has 1 atom stereocenters. The zero-order valence-corrected chi connectivity index (χ0v) is 14.6. The van der Waals surface area contributed by atoms with Gasteiger partial charge in [0.15, 0.2) is 6.04 Å². The van der Waals surface area contributed by atoms with Gasteiger partial charge in [0.25, 0.3) is 5.91 Å². The minimum atomic E-state index is -1.22. The molecule has 26 heavy (non-hydrogen) atoms. The molecule has 1 spiro atoms. The van der Waals surface area contributed by atoms with Crippen molar-refractivity contribution in [1.29, 1.82) is 0 Å². The lowest BCUT2D eigenvalue weighted by molar-refractivity contribution is -0.143. The van der Waals surface area contributed by atoms with E-state index in [2.05, 4.69) is 11.8 Å². The smallest absolute Gasteiger partial charge is 0.328 e. The van der Waals surface area contributed by atoms with E-state index in [0.717, 1.165) is 36.1 Å². The number of halogens is 2. The lowest BCUT2D eigenvalue weighted by Crippen LogP contribution is -2.58. The molecule has 1 amide bonds. The first-order chi connectivity index (χ1) is 12.4. The van der Waals surface area contributed by atoms with Crippen molar-refractivity contribution in [2.75, 3.05) is 26.2 Å². The summed E-state index contributed by atoms with van der Waals surface area (Å²) < 4.78 is 33.4. The van der Waals surface area contributed by atoms with E-state index in [0.29, 0.717) is 25.9 Å².